The predicted molar refractivity (Wildman–Crippen MR) is 69.0 cm³/mol. The van der Waals surface area contributed by atoms with E-state index in [4.69, 9.17) is 10.7 Å². The molecule has 0 bridgehead atoms. The van der Waals surface area contributed by atoms with Crippen molar-refractivity contribution in [1.82, 2.24) is 9.97 Å². The van der Waals surface area contributed by atoms with Gasteiger partial charge in [-0.3, -0.25) is 4.98 Å². The Kier molecular flexibility index (Phi) is 2.91. The van der Waals surface area contributed by atoms with E-state index in [9.17, 15) is 0 Å². The molecule has 0 spiro atoms. The van der Waals surface area contributed by atoms with E-state index in [2.05, 4.69) is 4.98 Å². The molecule has 88 valence electrons. The molecule has 0 aliphatic heterocycles. The molecule has 1 unspecified atom stereocenters. The van der Waals surface area contributed by atoms with Crippen LogP contribution in [0.4, 0.5) is 0 Å². The van der Waals surface area contributed by atoms with Gasteiger partial charge in [-0.2, -0.15) is 0 Å². The molecule has 0 fully saturated rings. The third-order valence-electron chi connectivity index (χ3n) is 3.14. The summed E-state index contributed by atoms with van der Waals surface area (Å²) >= 11 is 1.78. The second-order valence-corrected chi connectivity index (χ2v) is 5.56. The fourth-order valence-corrected chi connectivity index (χ4v) is 3.44. The minimum atomic E-state index is 0.211. The second-order valence-electron chi connectivity index (χ2n) is 4.45. The summed E-state index contributed by atoms with van der Waals surface area (Å²) in [6, 6.07) is 4.29. The van der Waals surface area contributed by atoms with Crippen molar-refractivity contribution in [1.29, 1.82) is 0 Å². The Morgan fingerprint density at radius 2 is 2.18 bits per heavy atom. The lowest BCUT2D eigenvalue weighted by Gasteiger charge is -2.15. The number of aromatic nitrogens is 2. The summed E-state index contributed by atoms with van der Waals surface area (Å²) in [6.07, 6.45) is 7.92. The highest BCUT2D eigenvalue weighted by atomic mass is 32.1. The first kappa shape index (κ1) is 10.9. The summed E-state index contributed by atoms with van der Waals surface area (Å²) in [5.41, 5.74) is 8.61. The fraction of sp³-hybridized carbons (Fsp3) is 0.385. The maximum absolute atomic E-state index is 6.11. The number of nitrogens with zero attached hydrogens (tertiary/aromatic N) is 2. The van der Waals surface area contributed by atoms with E-state index in [1.54, 1.807) is 11.3 Å². The van der Waals surface area contributed by atoms with Crippen LogP contribution in [0.3, 0.4) is 0 Å². The summed E-state index contributed by atoms with van der Waals surface area (Å²) in [5, 5.41) is 1.18. The van der Waals surface area contributed by atoms with Crippen molar-refractivity contribution in [3.05, 3.63) is 45.7 Å². The molecule has 1 atom stereocenters. The number of nitrogens with two attached hydrogens (primary N) is 1. The normalized spacial score (nSPS) is 19.0. The van der Waals surface area contributed by atoms with Crippen molar-refractivity contribution in [3.8, 4) is 0 Å². The Bertz CT molecular complexity index is 507. The average molecular weight is 245 g/mol. The van der Waals surface area contributed by atoms with E-state index >= 15 is 0 Å². The van der Waals surface area contributed by atoms with E-state index in [0.717, 1.165) is 19.3 Å². The Labute approximate surface area is 105 Å². The van der Waals surface area contributed by atoms with Crippen LogP contribution in [-0.2, 0) is 12.8 Å². The van der Waals surface area contributed by atoms with Gasteiger partial charge in [0.2, 0.25) is 0 Å². The van der Waals surface area contributed by atoms with Gasteiger partial charge in [-0.05, 0) is 37.0 Å². The van der Waals surface area contributed by atoms with Gasteiger partial charge in [-0.25, -0.2) is 4.98 Å². The third kappa shape index (κ3) is 2.23. The van der Waals surface area contributed by atoms with Crippen LogP contribution in [0.1, 0.15) is 40.0 Å². The molecule has 3 nitrogen and oxygen atoms in total. The van der Waals surface area contributed by atoms with E-state index in [1.165, 1.54) is 27.6 Å². The van der Waals surface area contributed by atoms with Gasteiger partial charge >= 0.3 is 0 Å². The topological polar surface area (TPSA) is 51.8 Å². The van der Waals surface area contributed by atoms with E-state index < -0.39 is 0 Å². The van der Waals surface area contributed by atoms with Gasteiger partial charge in [0.1, 0.15) is 0 Å². The number of rotatable bonds is 2. The lowest BCUT2D eigenvalue weighted by molar-refractivity contribution is 0.573. The molecule has 3 rings (SSSR count). The van der Waals surface area contributed by atoms with Crippen molar-refractivity contribution in [2.75, 3.05) is 0 Å². The van der Waals surface area contributed by atoms with Crippen molar-refractivity contribution in [2.24, 2.45) is 5.73 Å². The molecule has 0 amide bonds. The van der Waals surface area contributed by atoms with Gasteiger partial charge in [0.15, 0.2) is 0 Å². The number of pyridine rings is 1. The van der Waals surface area contributed by atoms with E-state index in [0.29, 0.717) is 0 Å². The highest BCUT2D eigenvalue weighted by Crippen LogP contribution is 2.33. The van der Waals surface area contributed by atoms with E-state index in [1.807, 2.05) is 24.5 Å². The SMILES string of the molecule is NC1CCCc2nc(Cc3ccncc3)sc21. The van der Waals surface area contributed by atoms with Crippen LogP contribution in [0.5, 0.6) is 0 Å². The van der Waals surface area contributed by atoms with Gasteiger partial charge in [0, 0.05) is 29.7 Å². The predicted octanol–water partition coefficient (Wildman–Crippen LogP) is 2.47. The lowest BCUT2D eigenvalue weighted by atomic mass is 9.99. The van der Waals surface area contributed by atoms with Gasteiger partial charge < -0.3 is 5.73 Å². The first-order chi connectivity index (χ1) is 8.33. The largest absolute Gasteiger partial charge is 0.323 e. The summed E-state index contributed by atoms with van der Waals surface area (Å²) in [7, 11) is 0. The van der Waals surface area contributed by atoms with Crippen molar-refractivity contribution in [3.63, 3.8) is 0 Å². The van der Waals surface area contributed by atoms with Crippen LogP contribution >= 0.6 is 11.3 Å². The molecule has 0 saturated heterocycles. The smallest absolute Gasteiger partial charge is 0.0975 e. The molecule has 1 aliphatic rings. The summed E-state index contributed by atoms with van der Waals surface area (Å²) < 4.78 is 0. The number of aryl methyl sites for hydroxylation is 1. The number of hydrogen-bond acceptors (Lipinski definition) is 4. The van der Waals surface area contributed by atoms with Gasteiger partial charge in [-0.15, -0.1) is 11.3 Å². The molecule has 0 aromatic carbocycles. The van der Waals surface area contributed by atoms with Crippen molar-refractivity contribution < 1.29 is 0 Å². The Balaban J connectivity index is 1.85. The molecular weight excluding hydrogens is 230 g/mol. The minimum absolute atomic E-state index is 0.211. The lowest BCUT2D eigenvalue weighted by Crippen LogP contribution is -2.15. The van der Waals surface area contributed by atoms with Crippen LogP contribution in [0, 0.1) is 0 Å². The first-order valence-electron chi connectivity index (χ1n) is 5.96. The average Bonchev–Trinajstić information content (AvgIpc) is 2.74. The fourth-order valence-electron chi connectivity index (χ4n) is 2.25. The zero-order valence-electron chi connectivity index (χ0n) is 9.60. The molecule has 0 saturated carbocycles. The highest BCUT2D eigenvalue weighted by Gasteiger charge is 2.21. The molecule has 2 N–H and O–H groups in total. The molecule has 1 aliphatic carbocycles. The van der Waals surface area contributed by atoms with Crippen LogP contribution in [0.25, 0.3) is 0 Å². The standard InChI is InChI=1S/C13H15N3S/c14-10-2-1-3-11-13(10)17-12(16-11)8-9-4-6-15-7-5-9/h4-7,10H,1-3,8,14H2. The van der Waals surface area contributed by atoms with Gasteiger partial charge in [-0.1, -0.05) is 0 Å². The second kappa shape index (κ2) is 4.55. The van der Waals surface area contributed by atoms with Crippen LogP contribution < -0.4 is 5.73 Å². The monoisotopic (exact) mass is 245 g/mol. The maximum Gasteiger partial charge on any atom is 0.0975 e. The summed E-state index contributed by atoms with van der Waals surface area (Å²) in [6.45, 7) is 0. The molecule has 2 aromatic rings. The zero-order chi connectivity index (χ0) is 11.7. The van der Waals surface area contributed by atoms with Crippen LogP contribution in [-0.4, -0.2) is 9.97 Å². The number of thiazole rings is 1. The zero-order valence-corrected chi connectivity index (χ0v) is 10.4. The highest BCUT2D eigenvalue weighted by molar-refractivity contribution is 7.11. The van der Waals surface area contributed by atoms with Gasteiger partial charge in [0.25, 0.3) is 0 Å². The number of fused-ring (bicyclic) bond motifs is 1. The molecular formula is C13H15N3S. The molecule has 2 aromatic heterocycles. The summed E-state index contributed by atoms with van der Waals surface area (Å²) in [5.74, 6) is 0. The minimum Gasteiger partial charge on any atom is -0.323 e. The molecule has 2 heterocycles. The van der Waals surface area contributed by atoms with Crippen molar-refractivity contribution >= 4 is 11.3 Å². The first-order valence-corrected chi connectivity index (χ1v) is 6.77. The summed E-state index contributed by atoms with van der Waals surface area (Å²) in [4.78, 5) is 10.0. The molecule has 17 heavy (non-hydrogen) atoms. The van der Waals surface area contributed by atoms with Crippen molar-refractivity contribution in [2.45, 2.75) is 31.7 Å². The quantitative estimate of drug-likeness (QED) is 0.884. The van der Waals surface area contributed by atoms with Gasteiger partial charge in [0.05, 0.1) is 10.7 Å². The Morgan fingerprint density at radius 3 is 2.94 bits per heavy atom. The van der Waals surface area contributed by atoms with Crippen LogP contribution in [0.15, 0.2) is 24.5 Å². The Morgan fingerprint density at radius 1 is 1.35 bits per heavy atom. The third-order valence-corrected chi connectivity index (χ3v) is 4.37. The van der Waals surface area contributed by atoms with E-state index in [-0.39, 0.29) is 6.04 Å². The maximum atomic E-state index is 6.11. The number of hydrogen-bond donors (Lipinski definition) is 1. The Hall–Kier alpha value is -1.26. The molecule has 0 radical (unpaired) electrons. The van der Waals surface area contributed by atoms with Crippen LogP contribution in [0.2, 0.25) is 0 Å². The molecule has 4 heteroatoms.